The van der Waals surface area contributed by atoms with Crippen molar-refractivity contribution in [2.24, 2.45) is 0 Å². The van der Waals surface area contributed by atoms with E-state index in [4.69, 9.17) is 4.74 Å². The zero-order valence-corrected chi connectivity index (χ0v) is 21.4. The summed E-state index contributed by atoms with van der Waals surface area (Å²) >= 11 is 0. The lowest BCUT2D eigenvalue weighted by molar-refractivity contribution is -0.153. The summed E-state index contributed by atoms with van der Waals surface area (Å²) in [6.07, 6.45) is 19.3. The van der Waals surface area contributed by atoms with E-state index in [-0.39, 0.29) is 18.0 Å². The molecule has 0 radical (unpaired) electrons. The van der Waals surface area contributed by atoms with Crippen LogP contribution in [-0.4, -0.2) is 24.9 Å². The van der Waals surface area contributed by atoms with Crippen LogP contribution >= 0.6 is 0 Å². The Hall–Kier alpha value is -1.65. The molecule has 1 unspecified atom stereocenters. The molecule has 0 aliphatic carbocycles. The predicted octanol–water partition coefficient (Wildman–Crippen LogP) is 8.54. The Morgan fingerprint density at radius 2 is 0.939 bits per heavy atom. The number of halogens is 1. The Kier molecular flexibility index (Phi) is 21.0. The summed E-state index contributed by atoms with van der Waals surface area (Å²) in [7, 11) is 0. The second-order valence-electron chi connectivity index (χ2n) is 9.31. The van der Waals surface area contributed by atoms with Gasteiger partial charge in [-0.2, -0.15) is 0 Å². The zero-order chi connectivity index (χ0) is 24.7. The number of ether oxygens (including phenoxy) is 2. The molecule has 0 spiro atoms. The van der Waals surface area contributed by atoms with Crippen molar-refractivity contribution in [3.05, 3.63) is 24.3 Å². The first-order chi connectivity index (χ1) is 15.8. The first-order valence-corrected chi connectivity index (χ1v) is 13.2. The van der Waals surface area contributed by atoms with Crippen LogP contribution < -0.4 is 0 Å². The third-order valence-electron chi connectivity index (χ3n) is 5.74. The molecule has 0 aliphatic heterocycles. The number of hydrogen-bond donors (Lipinski definition) is 0. The second kappa shape index (κ2) is 22.2. The average molecular weight is 469 g/mol. The molecule has 1 atom stereocenters. The fourth-order valence-electron chi connectivity index (χ4n) is 3.62. The van der Waals surface area contributed by atoms with Crippen LogP contribution in [0.2, 0.25) is 0 Å². The third kappa shape index (κ3) is 21.9. The van der Waals surface area contributed by atoms with Crippen molar-refractivity contribution in [2.45, 2.75) is 136 Å². The maximum Gasteiger partial charge on any atom is 0.335 e. The van der Waals surface area contributed by atoms with Gasteiger partial charge >= 0.3 is 11.9 Å². The first kappa shape index (κ1) is 31.4. The molecule has 0 bridgehead atoms. The van der Waals surface area contributed by atoms with E-state index < -0.39 is 12.3 Å². The fourth-order valence-corrected chi connectivity index (χ4v) is 3.62. The molecule has 0 aromatic heterocycles. The molecular weight excluding hydrogens is 419 g/mol. The van der Waals surface area contributed by atoms with Crippen LogP contribution in [0.25, 0.3) is 0 Å². The van der Waals surface area contributed by atoms with Crippen LogP contribution in [-0.2, 0) is 19.1 Å². The van der Waals surface area contributed by atoms with Crippen LogP contribution in [0, 0.1) is 0 Å². The highest BCUT2D eigenvalue weighted by molar-refractivity contribution is 5.87. The van der Waals surface area contributed by atoms with E-state index in [1.165, 1.54) is 84.0 Å². The standard InChI is InChI=1S/C28H49FO4/c1-24(2)27(30)32-23-21-19-17-15-13-11-9-7-5-6-8-10-12-14-16-18-20-22-26(29)33-28(31)25(3)4/h26H,1,3,5-23H2,2,4H3. The van der Waals surface area contributed by atoms with Gasteiger partial charge in [-0.3, -0.25) is 0 Å². The minimum atomic E-state index is -1.50. The summed E-state index contributed by atoms with van der Waals surface area (Å²) in [5, 5.41) is 0. The van der Waals surface area contributed by atoms with Crippen molar-refractivity contribution in [1.82, 2.24) is 0 Å². The zero-order valence-electron chi connectivity index (χ0n) is 21.4. The van der Waals surface area contributed by atoms with Crippen LogP contribution in [0.4, 0.5) is 4.39 Å². The summed E-state index contributed by atoms with van der Waals surface area (Å²) < 4.78 is 23.2. The van der Waals surface area contributed by atoms with Crippen molar-refractivity contribution in [3.8, 4) is 0 Å². The van der Waals surface area contributed by atoms with E-state index >= 15 is 0 Å². The van der Waals surface area contributed by atoms with Gasteiger partial charge in [0.2, 0.25) is 6.36 Å². The second-order valence-corrected chi connectivity index (χ2v) is 9.31. The number of carbonyl (C=O) groups excluding carboxylic acids is 2. The topological polar surface area (TPSA) is 52.6 Å². The van der Waals surface area contributed by atoms with Crippen molar-refractivity contribution in [2.75, 3.05) is 6.61 Å². The summed E-state index contributed by atoms with van der Waals surface area (Å²) in [6.45, 7) is 10.7. The lowest BCUT2D eigenvalue weighted by Gasteiger charge is -2.09. The van der Waals surface area contributed by atoms with E-state index in [0.717, 1.165) is 32.1 Å². The van der Waals surface area contributed by atoms with Gasteiger partial charge in [-0.05, 0) is 26.7 Å². The van der Waals surface area contributed by atoms with Gasteiger partial charge < -0.3 is 9.47 Å². The first-order valence-electron chi connectivity index (χ1n) is 13.2. The minimum absolute atomic E-state index is 0.238. The van der Waals surface area contributed by atoms with Crippen molar-refractivity contribution >= 4 is 11.9 Å². The Bertz CT molecular complexity index is 544. The smallest absolute Gasteiger partial charge is 0.335 e. The van der Waals surface area contributed by atoms with Gasteiger partial charge in [0, 0.05) is 17.6 Å². The van der Waals surface area contributed by atoms with Crippen molar-refractivity contribution < 1.29 is 23.5 Å². The average Bonchev–Trinajstić information content (AvgIpc) is 2.77. The molecule has 0 saturated carbocycles. The van der Waals surface area contributed by atoms with E-state index in [0.29, 0.717) is 12.2 Å². The van der Waals surface area contributed by atoms with Gasteiger partial charge in [0.1, 0.15) is 0 Å². The maximum absolute atomic E-state index is 13.5. The lowest BCUT2D eigenvalue weighted by atomic mass is 10.0. The molecule has 192 valence electrons. The molecule has 0 saturated heterocycles. The number of hydrogen-bond acceptors (Lipinski definition) is 4. The minimum Gasteiger partial charge on any atom is -0.462 e. The van der Waals surface area contributed by atoms with Crippen molar-refractivity contribution in [3.63, 3.8) is 0 Å². The highest BCUT2D eigenvalue weighted by Gasteiger charge is 2.12. The van der Waals surface area contributed by atoms with E-state index in [9.17, 15) is 14.0 Å². The van der Waals surface area contributed by atoms with Crippen LogP contribution in [0.5, 0.6) is 0 Å². The molecule has 0 aromatic rings. The Balaban J connectivity index is 3.20. The molecule has 0 N–H and O–H groups in total. The number of esters is 2. The molecule has 4 nitrogen and oxygen atoms in total. The fraction of sp³-hybridized carbons (Fsp3) is 0.786. The molecule has 0 amide bonds. The SMILES string of the molecule is C=C(C)C(=O)OCCCCCCCCCCCCCCCCCCCC(F)OC(=O)C(=C)C. The van der Waals surface area contributed by atoms with Gasteiger partial charge in [0.15, 0.2) is 0 Å². The molecule has 0 heterocycles. The Labute approximate surface area is 202 Å². The number of alkyl halides is 1. The molecule has 0 rings (SSSR count). The Morgan fingerprint density at radius 1 is 0.606 bits per heavy atom. The quantitative estimate of drug-likeness (QED) is 0.0856. The maximum atomic E-state index is 13.5. The Morgan fingerprint density at radius 3 is 1.30 bits per heavy atom. The number of unbranched alkanes of at least 4 members (excludes halogenated alkanes) is 16. The van der Waals surface area contributed by atoms with Crippen LogP contribution in [0.15, 0.2) is 24.3 Å². The van der Waals surface area contributed by atoms with Gasteiger partial charge in [-0.25, -0.2) is 14.0 Å². The molecule has 0 fully saturated rings. The van der Waals surface area contributed by atoms with Gasteiger partial charge in [-0.15, -0.1) is 0 Å². The summed E-state index contributed by atoms with van der Waals surface area (Å²) in [5.74, 6) is -0.921. The predicted molar refractivity (Wildman–Crippen MR) is 135 cm³/mol. The molecular formula is C28H49FO4. The van der Waals surface area contributed by atoms with Crippen molar-refractivity contribution in [1.29, 1.82) is 0 Å². The summed E-state index contributed by atoms with van der Waals surface area (Å²) in [5.41, 5.74) is 0.708. The monoisotopic (exact) mass is 468 g/mol. The van der Waals surface area contributed by atoms with Gasteiger partial charge in [0.05, 0.1) is 6.61 Å². The summed E-state index contributed by atoms with van der Waals surface area (Å²) in [6, 6.07) is 0. The number of rotatable bonds is 23. The molecule has 0 aliphatic rings. The van der Waals surface area contributed by atoms with E-state index in [1.54, 1.807) is 6.92 Å². The molecule has 0 aromatic carbocycles. The normalized spacial score (nSPS) is 11.7. The van der Waals surface area contributed by atoms with E-state index in [1.807, 2.05) is 0 Å². The van der Waals surface area contributed by atoms with Crippen LogP contribution in [0.3, 0.4) is 0 Å². The summed E-state index contributed by atoms with van der Waals surface area (Å²) in [4.78, 5) is 22.4. The van der Waals surface area contributed by atoms with Crippen LogP contribution in [0.1, 0.15) is 129 Å². The lowest BCUT2D eigenvalue weighted by Crippen LogP contribution is -2.13. The number of carbonyl (C=O) groups is 2. The molecule has 33 heavy (non-hydrogen) atoms. The third-order valence-corrected chi connectivity index (χ3v) is 5.74. The largest absolute Gasteiger partial charge is 0.462 e. The highest BCUT2D eigenvalue weighted by atomic mass is 19.1. The molecule has 5 heteroatoms. The van der Waals surface area contributed by atoms with E-state index in [2.05, 4.69) is 17.9 Å². The van der Waals surface area contributed by atoms with Gasteiger partial charge in [-0.1, -0.05) is 109 Å². The van der Waals surface area contributed by atoms with Gasteiger partial charge in [0.25, 0.3) is 0 Å². The highest BCUT2D eigenvalue weighted by Crippen LogP contribution is 2.15.